The minimum absolute atomic E-state index is 0. The molecule has 2 N–H and O–H groups in total. The van der Waals surface area contributed by atoms with Gasteiger partial charge in [-0.05, 0) is 37.5 Å². The van der Waals surface area contributed by atoms with Gasteiger partial charge in [-0.15, -0.1) is 24.8 Å². The van der Waals surface area contributed by atoms with Gasteiger partial charge in [0.05, 0.1) is 0 Å². The van der Waals surface area contributed by atoms with Crippen LogP contribution in [-0.4, -0.2) is 47.1 Å². The number of anilines is 1. The van der Waals surface area contributed by atoms with Crippen LogP contribution in [0.2, 0.25) is 5.02 Å². The predicted molar refractivity (Wildman–Crippen MR) is 120 cm³/mol. The summed E-state index contributed by atoms with van der Waals surface area (Å²) >= 11 is 6.10. The van der Waals surface area contributed by atoms with Crippen molar-refractivity contribution in [2.75, 3.05) is 31.1 Å². The van der Waals surface area contributed by atoms with E-state index in [9.17, 15) is 0 Å². The number of nitrogens with zero attached hydrogens (tertiary/aromatic N) is 4. The molecule has 0 unspecified atom stereocenters. The van der Waals surface area contributed by atoms with Gasteiger partial charge in [0.2, 0.25) is 0 Å². The van der Waals surface area contributed by atoms with Crippen molar-refractivity contribution < 1.29 is 0 Å². The Hall–Kier alpha value is -1.11. The maximum atomic E-state index is 6.10. The highest BCUT2D eigenvalue weighted by molar-refractivity contribution is 6.30. The summed E-state index contributed by atoms with van der Waals surface area (Å²) in [5.41, 5.74) is 8.38. The molecule has 154 valence electrons. The van der Waals surface area contributed by atoms with Gasteiger partial charge in [0, 0.05) is 61.5 Å². The fourth-order valence-corrected chi connectivity index (χ4v) is 4.09. The van der Waals surface area contributed by atoms with E-state index in [0.717, 1.165) is 67.9 Å². The second kappa shape index (κ2) is 10.1. The lowest BCUT2D eigenvalue weighted by Crippen LogP contribution is -2.46. The summed E-state index contributed by atoms with van der Waals surface area (Å²) in [6, 6.07) is 10.7. The highest BCUT2D eigenvalue weighted by Gasteiger charge is 2.29. The van der Waals surface area contributed by atoms with Crippen LogP contribution in [0, 0.1) is 6.92 Å². The Balaban J connectivity index is 0.00000140. The second-order valence-electron chi connectivity index (χ2n) is 7.52. The molecule has 1 aliphatic heterocycles. The standard InChI is InChI=1S/C20H26ClN5.2ClH/c1-14-23-19(16-10-18(22)11-16)12-20(24-14)26-7-5-25(6-8-26)13-15-3-2-4-17(21)9-15;;/h2-4,9,12,16,18H,5-8,10-11,13,22H2,1H3;2*1H. The zero-order valence-electron chi connectivity index (χ0n) is 16.1. The molecule has 4 rings (SSSR count). The number of benzene rings is 1. The quantitative estimate of drug-likeness (QED) is 0.777. The van der Waals surface area contributed by atoms with Gasteiger partial charge < -0.3 is 10.6 Å². The molecule has 0 spiro atoms. The first kappa shape index (κ1) is 23.2. The molecule has 0 bridgehead atoms. The van der Waals surface area contributed by atoms with Gasteiger partial charge in [0.15, 0.2) is 0 Å². The van der Waals surface area contributed by atoms with Crippen molar-refractivity contribution in [2.24, 2.45) is 5.73 Å². The van der Waals surface area contributed by atoms with Crippen LogP contribution in [0.4, 0.5) is 5.82 Å². The van der Waals surface area contributed by atoms with Crippen molar-refractivity contribution in [3.8, 4) is 0 Å². The molecule has 2 aliphatic rings. The molecule has 5 nitrogen and oxygen atoms in total. The largest absolute Gasteiger partial charge is 0.354 e. The van der Waals surface area contributed by atoms with E-state index >= 15 is 0 Å². The number of piperazine rings is 1. The highest BCUT2D eigenvalue weighted by atomic mass is 35.5. The minimum atomic E-state index is 0. The van der Waals surface area contributed by atoms with Crippen molar-refractivity contribution in [3.05, 3.63) is 52.4 Å². The highest BCUT2D eigenvalue weighted by Crippen LogP contribution is 2.35. The van der Waals surface area contributed by atoms with E-state index < -0.39 is 0 Å². The monoisotopic (exact) mass is 443 g/mol. The smallest absolute Gasteiger partial charge is 0.132 e. The van der Waals surface area contributed by atoms with Gasteiger partial charge in [-0.1, -0.05) is 23.7 Å². The molecule has 2 aromatic rings. The fraction of sp³-hybridized carbons (Fsp3) is 0.500. The third-order valence-corrected chi connectivity index (χ3v) is 5.66. The number of aromatic nitrogens is 2. The van der Waals surface area contributed by atoms with Gasteiger partial charge in [0.1, 0.15) is 11.6 Å². The molecule has 8 heteroatoms. The molecule has 2 heterocycles. The molecule has 1 aliphatic carbocycles. The summed E-state index contributed by atoms with van der Waals surface area (Å²) in [5, 5.41) is 0.806. The van der Waals surface area contributed by atoms with Crippen molar-refractivity contribution in [3.63, 3.8) is 0 Å². The number of nitrogens with two attached hydrogens (primary N) is 1. The summed E-state index contributed by atoms with van der Waals surface area (Å²) < 4.78 is 0. The van der Waals surface area contributed by atoms with Crippen LogP contribution < -0.4 is 10.6 Å². The van der Waals surface area contributed by atoms with E-state index in [1.807, 2.05) is 19.1 Å². The first-order valence-corrected chi connectivity index (χ1v) is 9.77. The van der Waals surface area contributed by atoms with Crippen molar-refractivity contribution in [1.82, 2.24) is 14.9 Å². The average molecular weight is 445 g/mol. The molecule has 1 aromatic carbocycles. The second-order valence-corrected chi connectivity index (χ2v) is 7.96. The minimum Gasteiger partial charge on any atom is -0.354 e. The normalized spacial score (nSPS) is 22.0. The van der Waals surface area contributed by atoms with Crippen LogP contribution in [0.15, 0.2) is 30.3 Å². The Labute approximate surface area is 184 Å². The van der Waals surface area contributed by atoms with Gasteiger partial charge in [0.25, 0.3) is 0 Å². The van der Waals surface area contributed by atoms with Crippen molar-refractivity contribution in [2.45, 2.75) is 38.3 Å². The SMILES string of the molecule is Cc1nc(C2CC(N)C2)cc(N2CCN(Cc3cccc(Cl)c3)CC2)n1.Cl.Cl. The Morgan fingerprint density at radius 2 is 1.79 bits per heavy atom. The molecule has 0 atom stereocenters. The number of hydrogen-bond donors (Lipinski definition) is 1. The zero-order chi connectivity index (χ0) is 18.1. The third-order valence-electron chi connectivity index (χ3n) is 5.43. The van der Waals surface area contributed by atoms with Crippen LogP contribution in [0.1, 0.15) is 35.8 Å². The molecule has 0 radical (unpaired) electrons. The van der Waals surface area contributed by atoms with E-state index in [-0.39, 0.29) is 24.8 Å². The average Bonchev–Trinajstić information content (AvgIpc) is 2.59. The number of rotatable bonds is 4. The lowest BCUT2D eigenvalue weighted by Gasteiger charge is -2.36. The maximum absolute atomic E-state index is 6.10. The number of hydrogen-bond acceptors (Lipinski definition) is 5. The lowest BCUT2D eigenvalue weighted by molar-refractivity contribution is 0.249. The Kier molecular flexibility index (Phi) is 8.34. The Morgan fingerprint density at radius 1 is 1.07 bits per heavy atom. The van der Waals surface area contributed by atoms with E-state index in [4.69, 9.17) is 17.3 Å². The Bertz CT molecular complexity index is 774. The van der Waals surface area contributed by atoms with E-state index in [0.29, 0.717) is 12.0 Å². The predicted octanol–water partition coefficient (Wildman–Crippen LogP) is 3.81. The molecular formula is C20H28Cl3N5. The van der Waals surface area contributed by atoms with Crippen molar-refractivity contribution in [1.29, 1.82) is 0 Å². The van der Waals surface area contributed by atoms with Crippen LogP contribution in [-0.2, 0) is 6.54 Å². The summed E-state index contributed by atoms with van der Waals surface area (Å²) in [4.78, 5) is 14.2. The van der Waals surface area contributed by atoms with E-state index in [1.54, 1.807) is 0 Å². The first-order chi connectivity index (χ1) is 12.6. The lowest BCUT2D eigenvalue weighted by atomic mass is 9.78. The van der Waals surface area contributed by atoms with Gasteiger partial charge in [-0.3, -0.25) is 4.90 Å². The summed E-state index contributed by atoms with van der Waals surface area (Å²) in [6.45, 7) is 6.96. The topological polar surface area (TPSA) is 58.3 Å². The van der Waals surface area contributed by atoms with Crippen LogP contribution >= 0.6 is 36.4 Å². The molecule has 1 saturated carbocycles. The molecule has 1 aromatic heterocycles. The summed E-state index contributed by atoms with van der Waals surface area (Å²) in [6.07, 6.45) is 2.09. The van der Waals surface area contributed by atoms with Crippen LogP contribution in [0.5, 0.6) is 0 Å². The Morgan fingerprint density at radius 3 is 2.43 bits per heavy atom. The number of aryl methyl sites for hydroxylation is 1. The molecular weight excluding hydrogens is 417 g/mol. The molecule has 0 amide bonds. The van der Waals surface area contributed by atoms with Gasteiger partial charge in [-0.25, -0.2) is 9.97 Å². The van der Waals surface area contributed by atoms with Crippen LogP contribution in [0.3, 0.4) is 0 Å². The van der Waals surface area contributed by atoms with Crippen LogP contribution in [0.25, 0.3) is 0 Å². The first-order valence-electron chi connectivity index (χ1n) is 9.40. The van der Waals surface area contributed by atoms with Gasteiger partial charge in [-0.2, -0.15) is 0 Å². The van der Waals surface area contributed by atoms with Gasteiger partial charge >= 0.3 is 0 Å². The molecule has 1 saturated heterocycles. The van der Waals surface area contributed by atoms with Crippen molar-refractivity contribution >= 4 is 42.2 Å². The van der Waals surface area contributed by atoms with E-state index in [2.05, 4.69) is 38.0 Å². The third kappa shape index (κ3) is 5.49. The summed E-state index contributed by atoms with van der Waals surface area (Å²) in [7, 11) is 0. The fourth-order valence-electron chi connectivity index (χ4n) is 3.88. The van der Waals surface area contributed by atoms with E-state index in [1.165, 1.54) is 5.56 Å². The summed E-state index contributed by atoms with van der Waals surface area (Å²) in [5.74, 6) is 2.43. The number of halogens is 3. The zero-order valence-corrected chi connectivity index (χ0v) is 18.4. The molecule has 28 heavy (non-hydrogen) atoms. The molecule has 2 fully saturated rings. The maximum Gasteiger partial charge on any atom is 0.132 e.